The van der Waals surface area contributed by atoms with Gasteiger partial charge in [0.25, 0.3) is 0 Å². The lowest BCUT2D eigenvalue weighted by atomic mass is 10.0. The molecule has 0 bridgehead atoms. The van der Waals surface area contributed by atoms with E-state index in [0.717, 1.165) is 12.7 Å². The molecule has 1 fully saturated rings. The molecular weight excluding hydrogens is 483 g/mol. The van der Waals surface area contributed by atoms with Gasteiger partial charge >= 0.3 is 12.2 Å². The van der Waals surface area contributed by atoms with Crippen LogP contribution in [-0.4, -0.2) is 69.0 Å². The van der Waals surface area contributed by atoms with E-state index >= 15 is 0 Å². The monoisotopic (exact) mass is 511 g/mol. The lowest BCUT2D eigenvalue weighted by molar-refractivity contribution is -0.207. The quantitative estimate of drug-likeness (QED) is 0.472. The van der Waals surface area contributed by atoms with E-state index in [4.69, 9.17) is 14.2 Å². The number of carbonyl (C=O) groups is 1. The summed E-state index contributed by atoms with van der Waals surface area (Å²) in [7, 11) is 2.67. The van der Waals surface area contributed by atoms with Gasteiger partial charge in [-0.2, -0.15) is 13.2 Å². The van der Waals surface area contributed by atoms with Crippen molar-refractivity contribution in [1.82, 2.24) is 5.32 Å². The molecule has 4 rings (SSSR count). The number of aliphatic hydroxyl groups is 2. The molecular formula is C24H28F3N3O6. The number of hydrogen-bond acceptors (Lipinski definition) is 7. The normalized spacial score (nSPS) is 20.5. The molecule has 0 aromatic heterocycles. The average molecular weight is 511 g/mol. The Balaban J connectivity index is 1.61. The minimum absolute atomic E-state index is 0.0557. The molecule has 2 aliphatic rings. The van der Waals surface area contributed by atoms with Gasteiger partial charge in [-0.3, -0.25) is 0 Å². The molecule has 1 aliphatic heterocycles. The van der Waals surface area contributed by atoms with E-state index in [1.807, 2.05) is 0 Å². The van der Waals surface area contributed by atoms with Crippen molar-refractivity contribution in [2.24, 2.45) is 0 Å². The zero-order chi connectivity index (χ0) is 26.0. The summed E-state index contributed by atoms with van der Waals surface area (Å²) >= 11 is 0. The molecule has 0 spiro atoms. The van der Waals surface area contributed by atoms with Crippen molar-refractivity contribution in [3.05, 3.63) is 47.0 Å². The molecule has 196 valence electrons. The molecule has 3 unspecified atom stereocenters. The fraction of sp³-hybridized carbons (Fsp3) is 0.458. The van der Waals surface area contributed by atoms with E-state index < -0.39 is 36.0 Å². The molecule has 1 heterocycles. The Kier molecular flexibility index (Phi) is 7.48. The molecule has 2 aromatic carbocycles. The van der Waals surface area contributed by atoms with Gasteiger partial charge in [0.15, 0.2) is 6.10 Å². The number of nitrogens with zero attached hydrogens (tertiary/aromatic N) is 1. The molecule has 1 saturated heterocycles. The minimum Gasteiger partial charge on any atom is -0.496 e. The number of fused-ring (bicyclic) bond motifs is 1. The van der Waals surface area contributed by atoms with Crippen LogP contribution in [-0.2, 0) is 11.2 Å². The Morgan fingerprint density at radius 2 is 1.92 bits per heavy atom. The Bertz CT molecular complexity index is 1110. The first-order valence-corrected chi connectivity index (χ1v) is 11.3. The van der Waals surface area contributed by atoms with Crippen LogP contribution in [0.1, 0.15) is 28.9 Å². The third-order valence-electron chi connectivity index (χ3n) is 6.37. The van der Waals surface area contributed by atoms with E-state index in [9.17, 15) is 28.2 Å². The number of rotatable bonds is 6. The molecule has 2 amide bonds. The van der Waals surface area contributed by atoms with Gasteiger partial charge in [-0.05, 0) is 30.2 Å². The van der Waals surface area contributed by atoms with Gasteiger partial charge in [-0.15, -0.1) is 0 Å². The fourth-order valence-corrected chi connectivity index (χ4v) is 4.61. The third-order valence-corrected chi connectivity index (χ3v) is 6.37. The highest BCUT2D eigenvalue weighted by Gasteiger charge is 2.42. The zero-order valence-corrected chi connectivity index (χ0v) is 19.8. The average Bonchev–Trinajstić information content (AvgIpc) is 3.18. The fourth-order valence-electron chi connectivity index (χ4n) is 4.61. The second kappa shape index (κ2) is 10.4. The predicted octanol–water partition coefficient (Wildman–Crippen LogP) is 2.92. The number of hydrogen-bond donors (Lipinski definition) is 4. The molecule has 12 heteroatoms. The second-order valence-corrected chi connectivity index (χ2v) is 8.54. The summed E-state index contributed by atoms with van der Waals surface area (Å²) in [5.74, 6) is 0.269. The van der Waals surface area contributed by atoms with Crippen LogP contribution in [0.3, 0.4) is 0 Å². The Labute approximate surface area is 205 Å². The summed E-state index contributed by atoms with van der Waals surface area (Å²) in [5.41, 5.74) is 1.18. The Hall–Kier alpha value is -3.22. The number of alkyl halides is 3. The summed E-state index contributed by atoms with van der Waals surface area (Å²) in [6, 6.07) is 6.47. The van der Waals surface area contributed by atoms with Gasteiger partial charge in [-0.1, -0.05) is 12.1 Å². The number of benzene rings is 2. The van der Waals surface area contributed by atoms with Crippen LogP contribution in [0.4, 0.5) is 29.3 Å². The van der Waals surface area contributed by atoms with Gasteiger partial charge < -0.3 is 40.0 Å². The highest BCUT2D eigenvalue weighted by Crippen LogP contribution is 2.43. The van der Waals surface area contributed by atoms with Crippen LogP contribution in [0.2, 0.25) is 0 Å². The van der Waals surface area contributed by atoms with E-state index in [2.05, 4.69) is 10.6 Å². The van der Waals surface area contributed by atoms with Crippen molar-refractivity contribution < 1.29 is 42.4 Å². The van der Waals surface area contributed by atoms with Crippen LogP contribution in [0.15, 0.2) is 30.3 Å². The molecule has 3 atom stereocenters. The number of halogens is 3. The number of amides is 2. The summed E-state index contributed by atoms with van der Waals surface area (Å²) < 4.78 is 56.2. The number of ether oxygens (including phenoxy) is 3. The number of methoxy groups -OCH3 is 2. The predicted molar refractivity (Wildman–Crippen MR) is 125 cm³/mol. The molecule has 0 saturated carbocycles. The molecule has 36 heavy (non-hydrogen) atoms. The van der Waals surface area contributed by atoms with Crippen molar-refractivity contribution in [2.45, 2.75) is 30.8 Å². The molecule has 0 radical (unpaired) electrons. The molecule has 1 aliphatic carbocycles. The van der Waals surface area contributed by atoms with Crippen molar-refractivity contribution in [1.29, 1.82) is 0 Å². The largest absolute Gasteiger partial charge is 0.496 e. The minimum atomic E-state index is -4.95. The maximum Gasteiger partial charge on any atom is 0.418 e. The first-order chi connectivity index (χ1) is 17.1. The van der Waals surface area contributed by atoms with E-state index in [1.54, 1.807) is 23.1 Å². The van der Waals surface area contributed by atoms with Gasteiger partial charge in [-0.25, -0.2) is 4.79 Å². The second-order valence-electron chi connectivity index (χ2n) is 8.54. The number of morpholine rings is 1. The lowest BCUT2D eigenvalue weighted by Crippen LogP contribution is -2.40. The Morgan fingerprint density at radius 1 is 1.19 bits per heavy atom. The summed E-state index contributed by atoms with van der Waals surface area (Å²) in [6.45, 7) is 1.62. The van der Waals surface area contributed by atoms with Gasteiger partial charge in [0, 0.05) is 29.9 Å². The van der Waals surface area contributed by atoms with Gasteiger partial charge in [0.05, 0.1) is 45.3 Å². The van der Waals surface area contributed by atoms with E-state index in [0.29, 0.717) is 49.7 Å². The number of carbonyl (C=O) groups excluding carboxylic acids is 1. The van der Waals surface area contributed by atoms with E-state index in [-0.39, 0.29) is 11.4 Å². The standard InChI is InChI=1S/C24H28F3N3O6/c1-34-19-5-3-4-14-15(19)12-17(20(14)31)28-23(33)29-18-11-13(30-6-8-36-9-7-30)10-16(21(18)35-2)22(32)24(25,26)27/h3-5,10-11,17,20,22,31-32H,6-9,12H2,1-2H3,(H2,28,29,33). The maximum atomic E-state index is 13.4. The highest BCUT2D eigenvalue weighted by atomic mass is 19.4. The SMILES string of the molecule is COc1cccc2c1CC(NC(=O)Nc1cc(N3CCOCC3)cc(C(O)C(F)(F)F)c1OC)C2O. The van der Waals surface area contributed by atoms with Crippen molar-refractivity contribution in [3.8, 4) is 11.5 Å². The van der Waals surface area contributed by atoms with Crippen molar-refractivity contribution >= 4 is 17.4 Å². The first kappa shape index (κ1) is 25.9. The van der Waals surface area contributed by atoms with Crippen LogP contribution in [0.5, 0.6) is 11.5 Å². The third kappa shape index (κ3) is 5.15. The highest BCUT2D eigenvalue weighted by molar-refractivity contribution is 5.92. The van der Waals surface area contributed by atoms with Crippen LogP contribution in [0.25, 0.3) is 0 Å². The van der Waals surface area contributed by atoms with Gasteiger partial charge in [0.2, 0.25) is 0 Å². The first-order valence-electron chi connectivity index (χ1n) is 11.3. The number of urea groups is 1. The molecule has 2 aromatic rings. The lowest BCUT2D eigenvalue weighted by Gasteiger charge is -2.31. The van der Waals surface area contributed by atoms with Crippen molar-refractivity contribution in [3.63, 3.8) is 0 Å². The number of aliphatic hydroxyl groups excluding tert-OH is 2. The van der Waals surface area contributed by atoms with Gasteiger partial charge in [0.1, 0.15) is 11.5 Å². The van der Waals surface area contributed by atoms with Crippen LogP contribution >= 0.6 is 0 Å². The zero-order valence-electron chi connectivity index (χ0n) is 19.8. The molecule has 9 nitrogen and oxygen atoms in total. The summed E-state index contributed by atoms with van der Waals surface area (Å²) in [6.07, 6.45) is -8.47. The smallest absolute Gasteiger partial charge is 0.418 e. The molecule has 4 N–H and O–H groups in total. The van der Waals surface area contributed by atoms with Crippen LogP contribution < -0.4 is 25.0 Å². The number of anilines is 2. The summed E-state index contributed by atoms with van der Waals surface area (Å²) in [5, 5.41) is 26.0. The number of nitrogens with one attached hydrogen (secondary N) is 2. The summed E-state index contributed by atoms with van der Waals surface area (Å²) in [4.78, 5) is 14.7. The topological polar surface area (TPSA) is 113 Å². The van der Waals surface area contributed by atoms with E-state index in [1.165, 1.54) is 19.2 Å². The maximum absolute atomic E-state index is 13.4. The van der Waals surface area contributed by atoms with Crippen molar-refractivity contribution in [2.75, 3.05) is 50.7 Å². The van der Waals surface area contributed by atoms with Crippen LogP contribution in [0, 0.1) is 0 Å². The Morgan fingerprint density at radius 3 is 2.56 bits per heavy atom.